The van der Waals surface area contributed by atoms with Crippen molar-refractivity contribution in [2.24, 2.45) is 0 Å². The Kier molecular flexibility index (Phi) is 3.78. The average Bonchev–Trinajstić information content (AvgIpc) is 2.99. The molecule has 0 fully saturated rings. The Hall–Kier alpha value is -3.80. The molecule has 0 radical (unpaired) electrons. The van der Waals surface area contributed by atoms with Crippen molar-refractivity contribution in [1.29, 1.82) is 0 Å². The summed E-state index contributed by atoms with van der Waals surface area (Å²) in [6.45, 7) is 0. The van der Waals surface area contributed by atoms with Crippen molar-refractivity contribution in [3.05, 3.63) is 78.4 Å². The topological polar surface area (TPSA) is 99.0 Å². The molecule has 0 saturated carbocycles. The van der Waals surface area contributed by atoms with E-state index in [1.54, 1.807) is 30.3 Å². The van der Waals surface area contributed by atoms with Gasteiger partial charge >= 0.3 is 0 Å². The van der Waals surface area contributed by atoms with Gasteiger partial charge in [-0.25, -0.2) is 4.98 Å². The molecule has 6 nitrogen and oxygen atoms in total. The van der Waals surface area contributed by atoms with Gasteiger partial charge in [0, 0.05) is 22.6 Å². The van der Waals surface area contributed by atoms with Crippen LogP contribution in [-0.2, 0) is 0 Å². The van der Waals surface area contributed by atoms with Crippen LogP contribution >= 0.6 is 0 Å². The minimum Gasteiger partial charge on any atom is -0.399 e. The van der Waals surface area contributed by atoms with Gasteiger partial charge in [-0.15, -0.1) is 0 Å². The molecule has 1 amide bonds. The highest BCUT2D eigenvalue weighted by Crippen LogP contribution is 2.26. The van der Waals surface area contributed by atoms with Gasteiger partial charge < -0.3 is 11.5 Å². The van der Waals surface area contributed by atoms with Crippen LogP contribution in [0.3, 0.4) is 0 Å². The second-order valence-corrected chi connectivity index (χ2v) is 5.93. The number of anilines is 3. The Bertz CT molecular complexity index is 1080. The molecule has 0 spiro atoms. The fraction of sp³-hybridized carbons (Fsp3) is 0. The van der Waals surface area contributed by atoms with Crippen LogP contribution in [-0.4, -0.2) is 15.5 Å². The van der Waals surface area contributed by atoms with E-state index in [1.807, 2.05) is 47.0 Å². The molecule has 0 aliphatic carbocycles. The van der Waals surface area contributed by atoms with Crippen molar-refractivity contribution in [2.75, 3.05) is 16.8 Å². The number of fused-ring (bicyclic) bond motifs is 1. The Balaban J connectivity index is 1.81. The lowest BCUT2D eigenvalue weighted by Crippen LogP contribution is -2.15. The van der Waals surface area contributed by atoms with Crippen LogP contribution in [0.25, 0.3) is 16.7 Å². The maximum atomic E-state index is 12.6. The number of carbonyl (C=O) groups excluding carboxylic acids is 1. The van der Waals surface area contributed by atoms with Gasteiger partial charge in [0.1, 0.15) is 0 Å². The second-order valence-electron chi connectivity index (χ2n) is 5.93. The van der Waals surface area contributed by atoms with Gasteiger partial charge in [-0.05, 0) is 54.6 Å². The number of benzene rings is 3. The molecule has 0 unspecified atom stereocenters. The number of hydrogen-bond donors (Lipinski definition) is 3. The van der Waals surface area contributed by atoms with Crippen LogP contribution in [0, 0.1) is 0 Å². The maximum absolute atomic E-state index is 12.6. The Morgan fingerprint density at radius 2 is 1.58 bits per heavy atom. The van der Waals surface area contributed by atoms with Crippen molar-refractivity contribution in [3.8, 4) is 5.69 Å². The normalized spacial score (nSPS) is 10.8. The molecule has 5 N–H and O–H groups in total. The Morgan fingerprint density at radius 1 is 0.885 bits per heavy atom. The summed E-state index contributed by atoms with van der Waals surface area (Å²) in [7, 11) is 0. The van der Waals surface area contributed by atoms with Crippen LogP contribution in [0.2, 0.25) is 0 Å². The number of para-hydroxylation sites is 1. The zero-order valence-electron chi connectivity index (χ0n) is 13.9. The van der Waals surface area contributed by atoms with Gasteiger partial charge in [0.15, 0.2) is 0 Å². The average molecular weight is 343 g/mol. The van der Waals surface area contributed by atoms with Crippen molar-refractivity contribution < 1.29 is 4.79 Å². The molecule has 26 heavy (non-hydrogen) atoms. The monoisotopic (exact) mass is 343 g/mol. The van der Waals surface area contributed by atoms with Crippen LogP contribution < -0.4 is 16.8 Å². The molecule has 0 bridgehead atoms. The number of nitrogens with zero attached hydrogens (tertiary/aromatic N) is 2. The number of amides is 1. The van der Waals surface area contributed by atoms with E-state index in [1.165, 1.54) is 0 Å². The van der Waals surface area contributed by atoms with Gasteiger partial charge in [0.2, 0.25) is 5.95 Å². The van der Waals surface area contributed by atoms with E-state index in [0.29, 0.717) is 28.4 Å². The Labute approximate surface area is 150 Å². The molecule has 3 aromatic carbocycles. The third-order valence-corrected chi connectivity index (χ3v) is 4.09. The fourth-order valence-electron chi connectivity index (χ4n) is 2.83. The zero-order chi connectivity index (χ0) is 18.1. The summed E-state index contributed by atoms with van der Waals surface area (Å²) in [6.07, 6.45) is 0. The molecular formula is C20H17N5O. The maximum Gasteiger partial charge on any atom is 0.257 e. The number of nitrogens with one attached hydrogen (secondary N) is 1. The van der Waals surface area contributed by atoms with E-state index >= 15 is 0 Å². The van der Waals surface area contributed by atoms with Crippen LogP contribution in [0.15, 0.2) is 72.8 Å². The predicted octanol–water partition coefficient (Wildman–Crippen LogP) is 3.44. The minimum absolute atomic E-state index is 0.259. The molecule has 4 aromatic rings. The number of rotatable bonds is 3. The van der Waals surface area contributed by atoms with Crippen LogP contribution in [0.1, 0.15) is 10.4 Å². The number of hydrogen-bond acceptors (Lipinski definition) is 4. The number of nitrogen functional groups attached to an aromatic ring is 2. The Morgan fingerprint density at radius 3 is 2.31 bits per heavy atom. The van der Waals surface area contributed by atoms with Gasteiger partial charge in [0.05, 0.1) is 11.0 Å². The van der Waals surface area contributed by atoms with Gasteiger partial charge in [0.25, 0.3) is 5.91 Å². The molecule has 1 heterocycles. The zero-order valence-corrected chi connectivity index (χ0v) is 13.9. The van der Waals surface area contributed by atoms with Crippen LogP contribution in [0.5, 0.6) is 0 Å². The molecule has 0 atom stereocenters. The van der Waals surface area contributed by atoms with Crippen molar-refractivity contribution in [1.82, 2.24) is 9.55 Å². The first-order valence-electron chi connectivity index (χ1n) is 8.12. The molecular weight excluding hydrogens is 326 g/mol. The lowest BCUT2D eigenvalue weighted by molar-refractivity contribution is 0.102. The summed E-state index contributed by atoms with van der Waals surface area (Å²) >= 11 is 0. The highest BCUT2D eigenvalue weighted by molar-refractivity contribution is 6.04. The first kappa shape index (κ1) is 15.7. The van der Waals surface area contributed by atoms with Crippen molar-refractivity contribution in [2.45, 2.75) is 0 Å². The molecule has 0 aliphatic rings. The van der Waals surface area contributed by atoms with Crippen molar-refractivity contribution in [3.63, 3.8) is 0 Å². The van der Waals surface area contributed by atoms with E-state index in [9.17, 15) is 4.79 Å². The molecule has 1 aromatic heterocycles. The summed E-state index contributed by atoms with van der Waals surface area (Å²) in [6, 6.07) is 21.9. The van der Waals surface area contributed by atoms with E-state index in [2.05, 4.69) is 10.3 Å². The van der Waals surface area contributed by atoms with E-state index in [0.717, 1.165) is 11.2 Å². The smallest absolute Gasteiger partial charge is 0.257 e. The van der Waals surface area contributed by atoms with E-state index < -0.39 is 0 Å². The summed E-state index contributed by atoms with van der Waals surface area (Å²) < 4.78 is 1.89. The third kappa shape index (κ3) is 2.84. The van der Waals surface area contributed by atoms with E-state index in [4.69, 9.17) is 11.5 Å². The molecule has 0 aliphatic heterocycles. The first-order chi connectivity index (χ1) is 12.6. The summed E-state index contributed by atoms with van der Waals surface area (Å²) in [5.74, 6) is 0.170. The lowest BCUT2D eigenvalue weighted by atomic mass is 10.2. The highest BCUT2D eigenvalue weighted by atomic mass is 16.1. The summed E-state index contributed by atoms with van der Waals surface area (Å²) in [4.78, 5) is 17.2. The standard InChI is InChI=1S/C20H17N5O/c21-14-8-6-13(7-9-14)19(26)24-20-23-17-12-15(22)10-11-18(17)25(20)16-4-2-1-3-5-16/h1-12H,21-22H2,(H,23,24,26). The van der Waals surface area contributed by atoms with Crippen LogP contribution in [0.4, 0.5) is 17.3 Å². The third-order valence-electron chi connectivity index (χ3n) is 4.09. The fourth-order valence-corrected chi connectivity index (χ4v) is 2.83. The van der Waals surface area contributed by atoms with E-state index in [-0.39, 0.29) is 5.91 Å². The first-order valence-corrected chi connectivity index (χ1v) is 8.12. The molecule has 4 rings (SSSR count). The number of aromatic nitrogens is 2. The second kappa shape index (κ2) is 6.25. The molecule has 0 saturated heterocycles. The van der Waals surface area contributed by atoms with Gasteiger partial charge in [-0.3, -0.25) is 14.7 Å². The van der Waals surface area contributed by atoms with Gasteiger partial charge in [-0.1, -0.05) is 18.2 Å². The SMILES string of the molecule is Nc1ccc(C(=O)Nc2nc3cc(N)ccc3n2-c2ccccc2)cc1. The number of imidazole rings is 1. The number of carbonyl (C=O) groups is 1. The minimum atomic E-state index is -0.259. The largest absolute Gasteiger partial charge is 0.399 e. The number of nitrogens with two attached hydrogens (primary N) is 2. The highest BCUT2D eigenvalue weighted by Gasteiger charge is 2.16. The summed E-state index contributed by atoms with van der Waals surface area (Å²) in [5, 5.41) is 2.88. The quantitative estimate of drug-likeness (QED) is 0.496. The summed E-state index contributed by atoms with van der Waals surface area (Å²) in [5.41, 5.74) is 15.8. The molecule has 6 heteroatoms. The predicted molar refractivity (Wildman–Crippen MR) is 104 cm³/mol. The molecule has 128 valence electrons. The van der Waals surface area contributed by atoms with Crippen molar-refractivity contribution >= 4 is 34.3 Å². The lowest BCUT2D eigenvalue weighted by Gasteiger charge is -2.10. The van der Waals surface area contributed by atoms with Gasteiger partial charge in [-0.2, -0.15) is 0 Å².